The lowest BCUT2D eigenvalue weighted by molar-refractivity contribution is 1.56. The third-order valence-electron chi connectivity index (χ3n) is 0.104. The Kier molecular flexibility index (Phi) is 2.42. The first kappa shape index (κ1) is 5.12. The quantitative estimate of drug-likeness (QED) is 0.468. The van der Waals surface area contributed by atoms with Gasteiger partial charge in [0.05, 0.1) is 0 Å². The van der Waals surface area contributed by atoms with Gasteiger partial charge in [-0.1, -0.05) is 23.2 Å². The molecule has 0 amide bonds. The maximum atomic E-state index is 4.97. The smallest absolute Gasteiger partial charge is 0.111 e. The second-order valence-electron chi connectivity index (χ2n) is 0.494. The lowest BCUT2D eigenvalue weighted by Crippen LogP contribution is -1.82. The van der Waals surface area contributed by atoms with Crippen LogP contribution in [0.4, 0.5) is 0 Å². The Morgan fingerprint density at radius 1 is 1.80 bits per heavy atom. The molecule has 0 atom stereocenters. The molecular weight excluding hydrogens is 109 g/mol. The van der Waals surface area contributed by atoms with Gasteiger partial charge in [0.15, 0.2) is 0 Å². The summed E-state index contributed by atoms with van der Waals surface area (Å²) in [5, 5.41) is 0.117. The first-order chi connectivity index (χ1) is 2.27. The van der Waals surface area contributed by atoms with Crippen LogP contribution in [0.3, 0.4) is 0 Å². The summed E-state index contributed by atoms with van der Waals surface area (Å²) in [5.41, 5.74) is 5.89. The van der Waals surface area contributed by atoms with Gasteiger partial charge < -0.3 is 5.73 Å². The molecule has 0 saturated heterocycles. The molecule has 0 bridgehead atoms. The van der Waals surface area contributed by atoms with Crippen molar-refractivity contribution in [3.63, 3.8) is 0 Å². The van der Waals surface area contributed by atoms with Crippen molar-refractivity contribution in [3.8, 4) is 0 Å². The maximum Gasteiger partial charge on any atom is 0.111 e. The fourth-order valence-electron chi connectivity index (χ4n) is 0. The van der Waals surface area contributed by atoms with Crippen LogP contribution in [0.5, 0.6) is 0 Å². The lowest BCUT2D eigenvalue weighted by atomic mass is 11.1. The number of nitrogens with two attached hydrogens (primary N) is 1. The summed E-state index contributed by atoms with van der Waals surface area (Å²) in [7, 11) is 0. The van der Waals surface area contributed by atoms with Crippen molar-refractivity contribution in [2.75, 3.05) is 0 Å². The molecule has 0 saturated carbocycles. The first-order valence-electron chi connectivity index (χ1n) is 0.985. The monoisotopic (exact) mass is 111 g/mol. The van der Waals surface area contributed by atoms with Gasteiger partial charge in [0.1, 0.15) is 5.16 Å². The molecule has 0 aromatic rings. The summed E-state index contributed by atoms with van der Waals surface area (Å²) >= 11 is 9.89. The third-order valence-corrected chi connectivity index (χ3v) is 0.560. The Bertz CT molecular complexity index is 45.6. The molecule has 0 aromatic heterocycles. The van der Waals surface area contributed by atoms with Crippen LogP contribution in [0.25, 0.3) is 0 Å². The third kappa shape index (κ3) is 4.12. The normalized spacial score (nSPS) is 12.0. The van der Waals surface area contributed by atoms with Gasteiger partial charge in [-0.05, 0) is 0 Å². The summed E-state index contributed by atoms with van der Waals surface area (Å²) in [5.74, 6) is 0. The van der Waals surface area contributed by atoms with Gasteiger partial charge in [-0.2, -0.15) is 0 Å². The summed E-state index contributed by atoms with van der Waals surface area (Å²) in [6.45, 7) is 0. The molecule has 0 heterocycles. The largest absolute Gasteiger partial charge is 0.389 e. The molecule has 0 aliphatic heterocycles. The number of hydrogen-bond acceptors (Lipinski definition) is 1. The lowest BCUT2D eigenvalue weighted by Gasteiger charge is -1.70. The molecule has 2 N–H and O–H groups in total. The van der Waals surface area contributed by atoms with Crippen LogP contribution in [-0.4, -0.2) is 0 Å². The van der Waals surface area contributed by atoms with Crippen molar-refractivity contribution in [3.05, 3.63) is 10.7 Å². The second kappa shape index (κ2) is 2.36. The molecule has 0 rings (SSSR count). The van der Waals surface area contributed by atoms with Crippen LogP contribution < -0.4 is 5.73 Å². The van der Waals surface area contributed by atoms with E-state index in [0.717, 1.165) is 5.54 Å². The zero-order valence-electron chi connectivity index (χ0n) is 2.41. The molecule has 0 spiro atoms. The van der Waals surface area contributed by atoms with Gasteiger partial charge in [-0.25, -0.2) is 0 Å². The maximum absolute atomic E-state index is 4.97. The average Bonchev–Trinajstić information content (AvgIpc) is 1.38. The summed E-state index contributed by atoms with van der Waals surface area (Å²) in [6.07, 6.45) is 0. The average molecular weight is 112 g/mol. The molecular formula is C2H3Cl2N. The first-order valence-corrected chi connectivity index (χ1v) is 1.80. The molecule has 3 heteroatoms. The molecule has 0 fully saturated rings. The van der Waals surface area contributed by atoms with E-state index in [0.29, 0.717) is 0 Å². The standard InChI is InChI=1S/C2H3Cl2N/c3-1-2(4)5/h1H,5H2. The van der Waals surface area contributed by atoms with E-state index >= 15 is 0 Å². The van der Waals surface area contributed by atoms with Crippen LogP contribution >= 0.6 is 23.2 Å². The van der Waals surface area contributed by atoms with E-state index < -0.39 is 0 Å². The zero-order chi connectivity index (χ0) is 4.28. The van der Waals surface area contributed by atoms with E-state index in [4.69, 9.17) is 28.9 Å². The van der Waals surface area contributed by atoms with Gasteiger partial charge in [0, 0.05) is 5.54 Å². The minimum Gasteiger partial charge on any atom is -0.389 e. The van der Waals surface area contributed by atoms with Crippen LogP contribution in [0, 0.1) is 0 Å². The number of hydrogen-bond donors (Lipinski definition) is 1. The van der Waals surface area contributed by atoms with Crippen LogP contribution in [0.2, 0.25) is 0 Å². The molecule has 0 radical (unpaired) electrons. The van der Waals surface area contributed by atoms with Crippen molar-refractivity contribution in [1.29, 1.82) is 0 Å². The highest BCUT2D eigenvalue weighted by atomic mass is 35.5. The Balaban J connectivity index is 3.14. The van der Waals surface area contributed by atoms with Crippen molar-refractivity contribution >= 4 is 23.2 Å². The highest BCUT2D eigenvalue weighted by molar-refractivity contribution is 6.35. The summed E-state index contributed by atoms with van der Waals surface area (Å²) in [6, 6.07) is 0. The Labute approximate surface area is 40.4 Å². The number of rotatable bonds is 0. The SMILES string of the molecule is NC(Cl)=CCl. The summed E-state index contributed by atoms with van der Waals surface area (Å²) in [4.78, 5) is 0. The van der Waals surface area contributed by atoms with Crippen LogP contribution in [-0.2, 0) is 0 Å². The Morgan fingerprint density at radius 2 is 2.00 bits per heavy atom. The van der Waals surface area contributed by atoms with E-state index in [9.17, 15) is 0 Å². The fraction of sp³-hybridized carbons (Fsp3) is 0. The predicted molar refractivity (Wildman–Crippen MR) is 24.0 cm³/mol. The van der Waals surface area contributed by atoms with Gasteiger partial charge in [0.25, 0.3) is 0 Å². The fourth-order valence-corrected chi connectivity index (χ4v) is 0. The van der Waals surface area contributed by atoms with Crippen molar-refractivity contribution in [2.45, 2.75) is 0 Å². The van der Waals surface area contributed by atoms with Gasteiger partial charge >= 0.3 is 0 Å². The summed E-state index contributed by atoms with van der Waals surface area (Å²) < 4.78 is 0. The van der Waals surface area contributed by atoms with E-state index in [1.54, 1.807) is 0 Å². The van der Waals surface area contributed by atoms with Gasteiger partial charge in [-0.15, -0.1) is 0 Å². The molecule has 0 aromatic carbocycles. The van der Waals surface area contributed by atoms with Gasteiger partial charge in [0.2, 0.25) is 0 Å². The molecule has 0 aliphatic rings. The molecule has 0 aliphatic carbocycles. The minimum absolute atomic E-state index is 0.117. The van der Waals surface area contributed by atoms with Crippen molar-refractivity contribution in [2.24, 2.45) is 5.73 Å². The predicted octanol–water partition coefficient (Wildman–Crippen LogP) is 1.22. The highest BCUT2D eigenvalue weighted by Gasteiger charge is 1.66. The van der Waals surface area contributed by atoms with E-state index in [1.165, 1.54) is 0 Å². The van der Waals surface area contributed by atoms with Gasteiger partial charge in [-0.3, -0.25) is 0 Å². The van der Waals surface area contributed by atoms with Crippen LogP contribution in [0.15, 0.2) is 10.7 Å². The molecule has 1 nitrogen and oxygen atoms in total. The molecule has 0 unspecified atom stereocenters. The van der Waals surface area contributed by atoms with E-state index in [1.807, 2.05) is 0 Å². The van der Waals surface area contributed by atoms with E-state index in [2.05, 4.69) is 0 Å². The molecule has 30 valence electrons. The molecule has 5 heavy (non-hydrogen) atoms. The van der Waals surface area contributed by atoms with Crippen molar-refractivity contribution < 1.29 is 0 Å². The number of halogens is 2. The Hall–Kier alpha value is 0.120. The minimum atomic E-state index is 0.117. The topological polar surface area (TPSA) is 26.0 Å². The second-order valence-corrected chi connectivity index (χ2v) is 1.15. The highest BCUT2D eigenvalue weighted by Crippen LogP contribution is 1.89. The van der Waals surface area contributed by atoms with Crippen molar-refractivity contribution in [1.82, 2.24) is 0 Å². The van der Waals surface area contributed by atoms with Crippen LogP contribution in [0.1, 0.15) is 0 Å². The Morgan fingerprint density at radius 3 is 2.00 bits per heavy atom. The van der Waals surface area contributed by atoms with E-state index in [-0.39, 0.29) is 5.16 Å². The zero-order valence-corrected chi connectivity index (χ0v) is 3.92.